The lowest BCUT2D eigenvalue weighted by atomic mass is 10.1. The predicted molar refractivity (Wildman–Crippen MR) is 71.2 cm³/mol. The summed E-state index contributed by atoms with van der Waals surface area (Å²) in [6.45, 7) is 1.41. The highest BCUT2D eigenvalue weighted by Crippen LogP contribution is 2.27. The third-order valence-electron chi connectivity index (χ3n) is 3.23. The van der Waals surface area contributed by atoms with Gasteiger partial charge in [-0.1, -0.05) is 0 Å². The fourth-order valence-corrected chi connectivity index (χ4v) is 2.19. The fraction of sp³-hybridized carbons (Fsp3) is 0.385. The average Bonchev–Trinajstić information content (AvgIpc) is 2.42. The van der Waals surface area contributed by atoms with E-state index in [9.17, 15) is 4.79 Å². The summed E-state index contributed by atoms with van der Waals surface area (Å²) in [6.07, 6.45) is 3.18. The summed E-state index contributed by atoms with van der Waals surface area (Å²) in [5.41, 5.74) is 6.78. The molecule has 0 unspecified atom stereocenters. The first-order chi connectivity index (χ1) is 9.24. The van der Waals surface area contributed by atoms with E-state index < -0.39 is 0 Å². The summed E-state index contributed by atoms with van der Waals surface area (Å²) in [6, 6.07) is 3.32. The Morgan fingerprint density at radius 3 is 2.95 bits per heavy atom. The summed E-state index contributed by atoms with van der Waals surface area (Å²) in [5.74, 6) is 0.581. The van der Waals surface area contributed by atoms with Crippen molar-refractivity contribution in [2.45, 2.75) is 18.9 Å². The van der Waals surface area contributed by atoms with Gasteiger partial charge in [-0.3, -0.25) is 4.79 Å². The molecule has 3 rings (SSSR count). The molecule has 1 fully saturated rings. The number of ether oxygens (including phenoxy) is 2. The van der Waals surface area contributed by atoms with Crippen molar-refractivity contribution in [3.63, 3.8) is 0 Å². The Morgan fingerprint density at radius 1 is 1.37 bits per heavy atom. The molecule has 1 aliphatic rings. The molecule has 0 spiro atoms. The maximum Gasteiger partial charge on any atom is 0.258 e. The van der Waals surface area contributed by atoms with Crippen LogP contribution in [0.3, 0.4) is 0 Å². The molecule has 0 aliphatic carbocycles. The Hall–Kier alpha value is -2.08. The van der Waals surface area contributed by atoms with Crippen LogP contribution in [-0.4, -0.2) is 29.3 Å². The van der Waals surface area contributed by atoms with Gasteiger partial charge in [-0.05, 0) is 6.07 Å². The second kappa shape index (κ2) is 4.89. The van der Waals surface area contributed by atoms with Gasteiger partial charge in [0.15, 0.2) is 0 Å². The first kappa shape index (κ1) is 12.0. The van der Waals surface area contributed by atoms with Gasteiger partial charge in [0.1, 0.15) is 11.9 Å². The van der Waals surface area contributed by atoms with E-state index in [0.717, 1.165) is 12.8 Å². The van der Waals surface area contributed by atoms with Crippen molar-refractivity contribution >= 4 is 16.6 Å². The van der Waals surface area contributed by atoms with Crippen molar-refractivity contribution in [1.29, 1.82) is 0 Å². The highest BCUT2D eigenvalue weighted by Gasteiger charge is 2.17. The van der Waals surface area contributed by atoms with Crippen molar-refractivity contribution in [1.82, 2.24) is 9.97 Å². The zero-order chi connectivity index (χ0) is 13.2. The molecule has 2 heterocycles. The minimum Gasteiger partial charge on any atom is -0.488 e. The van der Waals surface area contributed by atoms with Crippen LogP contribution in [0.25, 0.3) is 10.9 Å². The lowest BCUT2D eigenvalue weighted by Crippen LogP contribution is -2.26. The van der Waals surface area contributed by atoms with Crippen LogP contribution in [0.5, 0.6) is 5.75 Å². The Labute approximate surface area is 109 Å². The molecule has 1 aliphatic heterocycles. The molecule has 100 valence electrons. The van der Waals surface area contributed by atoms with Crippen LogP contribution in [0.15, 0.2) is 23.3 Å². The number of fused-ring (bicyclic) bond motifs is 1. The minimum atomic E-state index is -0.200. The number of nitrogens with zero attached hydrogens (tertiary/aromatic N) is 1. The molecule has 19 heavy (non-hydrogen) atoms. The van der Waals surface area contributed by atoms with Gasteiger partial charge in [-0.2, -0.15) is 0 Å². The zero-order valence-corrected chi connectivity index (χ0v) is 10.4. The third-order valence-corrected chi connectivity index (χ3v) is 3.23. The number of rotatable bonds is 2. The van der Waals surface area contributed by atoms with E-state index in [2.05, 4.69) is 9.97 Å². The summed E-state index contributed by atoms with van der Waals surface area (Å²) < 4.78 is 11.2. The number of nitrogens with one attached hydrogen (secondary N) is 1. The van der Waals surface area contributed by atoms with E-state index in [0.29, 0.717) is 35.6 Å². The summed E-state index contributed by atoms with van der Waals surface area (Å²) in [4.78, 5) is 18.3. The van der Waals surface area contributed by atoms with Gasteiger partial charge in [0.25, 0.3) is 5.56 Å². The molecule has 0 saturated carbocycles. The number of benzene rings is 1. The van der Waals surface area contributed by atoms with Gasteiger partial charge in [-0.15, -0.1) is 0 Å². The van der Waals surface area contributed by atoms with E-state index in [4.69, 9.17) is 15.2 Å². The molecule has 3 N–H and O–H groups in total. The van der Waals surface area contributed by atoms with E-state index in [1.807, 2.05) is 0 Å². The van der Waals surface area contributed by atoms with Crippen LogP contribution in [0.2, 0.25) is 0 Å². The molecule has 6 heteroatoms. The summed E-state index contributed by atoms with van der Waals surface area (Å²) >= 11 is 0. The number of anilines is 1. The summed E-state index contributed by atoms with van der Waals surface area (Å²) in [7, 11) is 0. The molecule has 0 amide bonds. The van der Waals surface area contributed by atoms with Crippen LogP contribution in [0.4, 0.5) is 5.69 Å². The summed E-state index contributed by atoms with van der Waals surface area (Å²) in [5, 5.41) is 0.472. The molecule has 1 aromatic heterocycles. The first-order valence-electron chi connectivity index (χ1n) is 6.25. The Bertz CT molecular complexity index is 647. The average molecular weight is 261 g/mol. The molecule has 2 aromatic rings. The molecular weight excluding hydrogens is 246 g/mol. The van der Waals surface area contributed by atoms with Crippen LogP contribution < -0.4 is 16.0 Å². The maximum absolute atomic E-state index is 11.6. The monoisotopic (exact) mass is 261 g/mol. The van der Waals surface area contributed by atoms with Gasteiger partial charge < -0.3 is 20.2 Å². The molecular formula is C13H15N3O3. The van der Waals surface area contributed by atoms with E-state index in [1.165, 1.54) is 6.33 Å². The number of hydrogen-bond acceptors (Lipinski definition) is 5. The van der Waals surface area contributed by atoms with E-state index in [-0.39, 0.29) is 11.7 Å². The lowest BCUT2D eigenvalue weighted by molar-refractivity contribution is 0.0259. The van der Waals surface area contributed by atoms with Gasteiger partial charge in [0.05, 0.1) is 36.1 Å². The van der Waals surface area contributed by atoms with Gasteiger partial charge in [0, 0.05) is 18.9 Å². The second-order valence-corrected chi connectivity index (χ2v) is 4.57. The highest BCUT2D eigenvalue weighted by molar-refractivity contribution is 5.84. The SMILES string of the molecule is Nc1cc2c(=O)[nH]cnc2cc1OC1CCOCC1. The van der Waals surface area contributed by atoms with Gasteiger partial charge >= 0.3 is 0 Å². The van der Waals surface area contributed by atoms with E-state index in [1.54, 1.807) is 12.1 Å². The zero-order valence-electron chi connectivity index (χ0n) is 10.4. The molecule has 6 nitrogen and oxygen atoms in total. The van der Waals surface area contributed by atoms with Gasteiger partial charge in [0.2, 0.25) is 0 Å². The number of aromatic amines is 1. The smallest absolute Gasteiger partial charge is 0.258 e. The van der Waals surface area contributed by atoms with Crippen molar-refractivity contribution in [3.05, 3.63) is 28.8 Å². The van der Waals surface area contributed by atoms with Gasteiger partial charge in [-0.25, -0.2) is 4.98 Å². The van der Waals surface area contributed by atoms with Crippen molar-refractivity contribution in [2.75, 3.05) is 18.9 Å². The normalized spacial score (nSPS) is 16.6. The number of nitrogens with two attached hydrogens (primary N) is 1. The fourth-order valence-electron chi connectivity index (χ4n) is 2.19. The predicted octanol–water partition coefficient (Wildman–Crippen LogP) is 1.06. The second-order valence-electron chi connectivity index (χ2n) is 4.57. The molecule has 1 aromatic carbocycles. The number of hydrogen-bond donors (Lipinski definition) is 2. The Morgan fingerprint density at radius 2 is 2.16 bits per heavy atom. The number of aromatic nitrogens is 2. The molecule has 1 saturated heterocycles. The van der Waals surface area contributed by atoms with Crippen LogP contribution in [-0.2, 0) is 4.74 Å². The Balaban J connectivity index is 1.95. The van der Waals surface area contributed by atoms with Crippen molar-refractivity contribution in [3.8, 4) is 5.75 Å². The third kappa shape index (κ3) is 2.39. The van der Waals surface area contributed by atoms with E-state index >= 15 is 0 Å². The number of H-pyrrole nitrogens is 1. The topological polar surface area (TPSA) is 90.2 Å². The van der Waals surface area contributed by atoms with Crippen molar-refractivity contribution < 1.29 is 9.47 Å². The van der Waals surface area contributed by atoms with Crippen LogP contribution in [0, 0.1) is 0 Å². The number of nitrogen functional groups attached to an aromatic ring is 1. The van der Waals surface area contributed by atoms with Crippen LogP contribution >= 0.6 is 0 Å². The van der Waals surface area contributed by atoms with Crippen molar-refractivity contribution in [2.24, 2.45) is 0 Å². The Kier molecular flexibility index (Phi) is 3.08. The standard InChI is InChI=1S/C13H15N3O3/c14-10-5-9-11(15-7-16-13(9)17)6-12(10)19-8-1-3-18-4-2-8/h5-8H,1-4,14H2,(H,15,16,17). The minimum absolute atomic E-state index is 0.107. The highest BCUT2D eigenvalue weighted by atomic mass is 16.5. The van der Waals surface area contributed by atoms with Crippen LogP contribution in [0.1, 0.15) is 12.8 Å². The molecule has 0 radical (unpaired) electrons. The molecule has 0 atom stereocenters. The first-order valence-corrected chi connectivity index (χ1v) is 6.25. The molecule has 0 bridgehead atoms. The maximum atomic E-state index is 11.6. The quantitative estimate of drug-likeness (QED) is 0.789. The lowest BCUT2D eigenvalue weighted by Gasteiger charge is -2.24. The largest absolute Gasteiger partial charge is 0.488 e.